The third-order valence-corrected chi connectivity index (χ3v) is 4.84. The van der Waals surface area contributed by atoms with Gasteiger partial charge in [-0.3, -0.25) is 9.59 Å². The molecule has 3 rings (SSSR count). The van der Waals surface area contributed by atoms with Gasteiger partial charge in [0.2, 0.25) is 5.91 Å². The maximum atomic E-state index is 13.2. The number of benzene rings is 2. The van der Waals surface area contributed by atoms with E-state index in [1.165, 1.54) is 19.2 Å². The summed E-state index contributed by atoms with van der Waals surface area (Å²) in [6.45, 7) is 0. The lowest BCUT2D eigenvalue weighted by Gasteiger charge is -2.47. The Hall–Kier alpha value is -2.46. The van der Waals surface area contributed by atoms with Crippen LogP contribution in [0.3, 0.4) is 0 Å². The van der Waals surface area contributed by atoms with Crippen molar-refractivity contribution in [3.8, 4) is 5.75 Å². The van der Waals surface area contributed by atoms with E-state index in [0.29, 0.717) is 17.9 Å². The number of hydrogen-bond donors (Lipinski definition) is 0. The number of anilines is 1. The first-order valence-corrected chi connectivity index (χ1v) is 8.64. The molecule has 3 atom stereocenters. The molecule has 0 spiro atoms. The van der Waals surface area contributed by atoms with Crippen LogP contribution in [0.25, 0.3) is 0 Å². The first kappa shape index (κ1) is 18.3. The third-order valence-electron chi connectivity index (χ3n) is 4.56. The van der Waals surface area contributed by atoms with E-state index < -0.39 is 0 Å². The summed E-state index contributed by atoms with van der Waals surface area (Å²) in [5.41, 5.74) is 1.55. The van der Waals surface area contributed by atoms with Gasteiger partial charge in [-0.15, -0.1) is 0 Å². The highest BCUT2D eigenvalue weighted by molar-refractivity contribution is 7.10. The Balaban J connectivity index is 1.88. The van der Waals surface area contributed by atoms with Crippen LogP contribution in [0.1, 0.15) is 24.4 Å². The van der Waals surface area contributed by atoms with Crippen LogP contribution >= 0.6 is 9.47 Å². The predicted molar refractivity (Wildman–Crippen MR) is 98.1 cm³/mol. The zero-order valence-electron chi connectivity index (χ0n) is 14.2. The fraction of sp³-hybridized carbons (Fsp3) is 0.263. The Labute approximate surface area is 153 Å². The van der Waals surface area contributed by atoms with Gasteiger partial charge < -0.3 is 14.2 Å². The number of carbonyl (C=O) groups is 2. The van der Waals surface area contributed by atoms with Crippen molar-refractivity contribution in [1.29, 1.82) is 0 Å². The lowest BCUT2D eigenvalue weighted by Crippen LogP contribution is -2.55. The number of amides is 1. The summed E-state index contributed by atoms with van der Waals surface area (Å²) in [7, 11) is 3.51. The summed E-state index contributed by atoms with van der Waals surface area (Å²) in [6, 6.07) is 13.0. The standard InChI is InChI=1S/C19H19FNO4P/c1-24-17(22)11-10-16-18(12-2-8-15(25-26)9-3-12)21(19(16)23)14-6-4-13(20)5-7-14/h2-9,16,18H,10-11,26H2,1H3/t16-,18-/m1/s1. The lowest BCUT2D eigenvalue weighted by atomic mass is 9.79. The van der Waals surface area contributed by atoms with Crippen molar-refractivity contribution in [2.45, 2.75) is 18.9 Å². The monoisotopic (exact) mass is 375 g/mol. The van der Waals surface area contributed by atoms with Gasteiger partial charge in [0.05, 0.1) is 28.5 Å². The van der Waals surface area contributed by atoms with Gasteiger partial charge in [-0.05, 0) is 48.4 Å². The van der Waals surface area contributed by atoms with Crippen molar-refractivity contribution in [3.05, 3.63) is 59.9 Å². The molecule has 0 radical (unpaired) electrons. The van der Waals surface area contributed by atoms with Crippen LogP contribution in [0.4, 0.5) is 10.1 Å². The number of esters is 1. The van der Waals surface area contributed by atoms with E-state index in [1.54, 1.807) is 17.0 Å². The lowest BCUT2D eigenvalue weighted by molar-refractivity contribution is -0.141. The van der Waals surface area contributed by atoms with Crippen molar-refractivity contribution >= 4 is 27.0 Å². The second-order valence-corrected chi connectivity index (χ2v) is 6.27. The van der Waals surface area contributed by atoms with Gasteiger partial charge in [-0.1, -0.05) is 12.1 Å². The molecule has 0 bridgehead atoms. The molecule has 1 amide bonds. The molecule has 5 nitrogen and oxygen atoms in total. The number of ether oxygens (including phenoxy) is 1. The number of rotatable bonds is 6. The number of β-lactam (4-membered cyclic amide) rings is 1. The normalized spacial score (nSPS) is 19.0. The summed E-state index contributed by atoms with van der Waals surface area (Å²) in [4.78, 5) is 25.8. The highest BCUT2D eigenvalue weighted by Crippen LogP contribution is 2.45. The topological polar surface area (TPSA) is 55.8 Å². The zero-order chi connectivity index (χ0) is 18.7. The molecular weight excluding hydrogens is 356 g/mol. The molecule has 1 saturated heterocycles. The van der Waals surface area contributed by atoms with E-state index in [0.717, 1.165) is 5.56 Å². The van der Waals surface area contributed by atoms with Gasteiger partial charge in [-0.25, -0.2) is 4.39 Å². The summed E-state index contributed by atoms with van der Waals surface area (Å²) in [5.74, 6) is -0.436. The molecule has 1 aliphatic rings. The van der Waals surface area contributed by atoms with Crippen molar-refractivity contribution < 1.29 is 23.2 Å². The van der Waals surface area contributed by atoms with E-state index in [2.05, 4.69) is 14.2 Å². The Morgan fingerprint density at radius 3 is 2.38 bits per heavy atom. The van der Waals surface area contributed by atoms with Crippen molar-refractivity contribution in [1.82, 2.24) is 0 Å². The van der Waals surface area contributed by atoms with Gasteiger partial charge in [0.25, 0.3) is 0 Å². The molecule has 0 aromatic heterocycles. The molecule has 1 heterocycles. The van der Waals surface area contributed by atoms with E-state index in [-0.39, 0.29) is 36.1 Å². The average molecular weight is 375 g/mol. The summed E-state index contributed by atoms with van der Waals surface area (Å²) in [6.07, 6.45) is 0.573. The molecule has 136 valence electrons. The van der Waals surface area contributed by atoms with Crippen molar-refractivity contribution in [2.24, 2.45) is 5.92 Å². The van der Waals surface area contributed by atoms with Crippen LogP contribution in [-0.2, 0) is 14.3 Å². The molecule has 7 heteroatoms. The predicted octanol–water partition coefficient (Wildman–Crippen LogP) is 3.65. The Morgan fingerprint density at radius 2 is 1.81 bits per heavy atom. The largest absolute Gasteiger partial charge is 0.480 e. The molecule has 2 aromatic carbocycles. The minimum absolute atomic E-state index is 0.0862. The molecule has 1 aliphatic heterocycles. The Kier molecular flexibility index (Phi) is 5.52. The Morgan fingerprint density at radius 1 is 1.15 bits per heavy atom. The van der Waals surface area contributed by atoms with Crippen LogP contribution in [0, 0.1) is 11.7 Å². The maximum absolute atomic E-state index is 13.2. The smallest absolute Gasteiger partial charge is 0.305 e. The van der Waals surface area contributed by atoms with Crippen LogP contribution in [-0.4, -0.2) is 19.0 Å². The number of nitrogens with zero attached hydrogens (tertiary/aromatic N) is 1. The van der Waals surface area contributed by atoms with Gasteiger partial charge >= 0.3 is 5.97 Å². The van der Waals surface area contributed by atoms with Crippen molar-refractivity contribution in [2.75, 3.05) is 12.0 Å². The zero-order valence-corrected chi connectivity index (χ0v) is 15.4. The molecule has 26 heavy (non-hydrogen) atoms. The average Bonchev–Trinajstić information content (AvgIpc) is 2.67. The van der Waals surface area contributed by atoms with Crippen LogP contribution in [0.2, 0.25) is 0 Å². The SMILES string of the molecule is COC(=O)CC[C@H]1C(=O)N(c2ccc(F)cc2)[C@@H]1c1ccc(OP)cc1. The fourth-order valence-corrected chi connectivity index (χ4v) is 3.38. The molecule has 0 saturated carbocycles. The first-order valence-electron chi connectivity index (χ1n) is 8.17. The van der Waals surface area contributed by atoms with Crippen LogP contribution < -0.4 is 9.42 Å². The molecule has 1 unspecified atom stereocenters. The molecule has 2 aromatic rings. The summed E-state index contributed by atoms with van der Waals surface area (Å²) < 4.78 is 23.0. The minimum atomic E-state index is -0.359. The number of hydrogen-bond acceptors (Lipinski definition) is 4. The molecule has 0 aliphatic carbocycles. The van der Waals surface area contributed by atoms with E-state index >= 15 is 0 Å². The highest BCUT2D eigenvalue weighted by atomic mass is 31.0. The summed E-state index contributed by atoms with van der Waals surface area (Å²) >= 11 is 0. The first-order chi connectivity index (χ1) is 12.5. The third kappa shape index (κ3) is 3.56. The quantitative estimate of drug-likeness (QED) is 0.439. The Bertz CT molecular complexity index is 794. The van der Waals surface area contributed by atoms with E-state index in [4.69, 9.17) is 4.52 Å². The molecule has 0 N–H and O–H groups in total. The maximum Gasteiger partial charge on any atom is 0.305 e. The van der Waals surface area contributed by atoms with Gasteiger partial charge in [-0.2, -0.15) is 0 Å². The second-order valence-electron chi connectivity index (χ2n) is 6.04. The minimum Gasteiger partial charge on any atom is -0.480 e. The second kappa shape index (κ2) is 7.83. The fourth-order valence-electron chi connectivity index (χ4n) is 3.22. The van der Waals surface area contributed by atoms with Gasteiger partial charge in [0.1, 0.15) is 11.6 Å². The number of halogens is 1. The summed E-state index contributed by atoms with van der Waals surface area (Å²) in [5, 5.41) is 0. The number of methoxy groups -OCH3 is 1. The highest BCUT2D eigenvalue weighted by Gasteiger charge is 2.48. The van der Waals surface area contributed by atoms with Crippen LogP contribution in [0.15, 0.2) is 48.5 Å². The van der Waals surface area contributed by atoms with Gasteiger partial charge in [0.15, 0.2) is 0 Å². The number of carbonyl (C=O) groups excluding carboxylic acids is 2. The van der Waals surface area contributed by atoms with Gasteiger partial charge in [0, 0.05) is 12.1 Å². The van der Waals surface area contributed by atoms with E-state index in [9.17, 15) is 14.0 Å². The van der Waals surface area contributed by atoms with Crippen LogP contribution in [0.5, 0.6) is 5.75 Å². The molecule has 1 fully saturated rings. The van der Waals surface area contributed by atoms with E-state index in [1.807, 2.05) is 24.3 Å². The molecular formula is C19H19FNO4P. The van der Waals surface area contributed by atoms with Crippen molar-refractivity contribution in [3.63, 3.8) is 0 Å².